The van der Waals surface area contributed by atoms with Crippen LogP contribution in [0.1, 0.15) is 5.56 Å². The van der Waals surface area contributed by atoms with E-state index in [0.29, 0.717) is 16.8 Å². The van der Waals surface area contributed by atoms with Crippen molar-refractivity contribution in [1.29, 1.82) is 0 Å². The summed E-state index contributed by atoms with van der Waals surface area (Å²) in [5, 5.41) is 7.11. The molecule has 3 aromatic rings. The molecule has 0 radical (unpaired) electrons. The zero-order valence-corrected chi connectivity index (χ0v) is 14.7. The maximum atomic E-state index is 6.04. The Kier molecular flexibility index (Phi) is 4.79. The molecule has 0 unspecified atom stereocenters. The van der Waals surface area contributed by atoms with Crippen LogP contribution in [-0.2, 0) is 0 Å². The van der Waals surface area contributed by atoms with E-state index in [9.17, 15) is 0 Å². The maximum absolute atomic E-state index is 6.04. The zero-order valence-electron chi connectivity index (χ0n) is 12.3. The van der Waals surface area contributed by atoms with Crippen molar-refractivity contribution in [1.82, 2.24) is 9.97 Å². The SMILES string of the molecule is Cc1ccc(Cl)cc1Nc1nccc(Nc2cccc(Br)c2)n1. The van der Waals surface area contributed by atoms with E-state index in [-0.39, 0.29) is 0 Å². The van der Waals surface area contributed by atoms with Gasteiger partial charge in [-0.3, -0.25) is 0 Å². The van der Waals surface area contributed by atoms with Crippen LogP contribution >= 0.6 is 27.5 Å². The fourth-order valence-electron chi connectivity index (χ4n) is 2.05. The summed E-state index contributed by atoms with van der Waals surface area (Å²) in [6, 6.07) is 15.4. The molecule has 0 aliphatic rings. The second-order valence-corrected chi connectivity index (χ2v) is 6.34. The predicted molar refractivity (Wildman–Crippen MR) is 98.9 cm³/mol. The van der Waals surface area contributed by atoms with Crippen molar-refractivity contribution in [3.8, 4) is 0 Å². The molecular formula is C17H14BrClN4. The second-order valence-electron chi connectivity index (χ2n) is 4.99. The lowest BCUT2D eigenvalue weighted by molar-refractivity contribution is 1.16. The molecule has 2 N–H and O–H groups in total. The first kappa shape index (κ1) is 15.8. The highest BCUT2D eigenvalue weighted by atomic mass is 79.9. The molecule has 6 heteroatoms. The smallest absolute Gasteiger partial charge is 0.229 e. The first-order chi connectivity index (χ1) is 11.1. The highest BCUT2D eigenvalue weighted by Crippen LogP contribution is 2.24. The van der Waals surface area contributed by atoms with Crippen molar-refractivity contribution in [2.75, 3.05) is 10.6 Å². The van der Waals surface area contributed by atoms with Crippen LogP contribution in [0.5, 0.6) is 0 Å². The van der Waals surface area contributed by atoms with Gasteiger partial charge in [0.15, 0.2) is 0 Å². The van der Waals surface area contributed by atoms with Gasteiger partial charge in [0.1, 0.15) is 5.82 Å². The van der Waals surface area contributed by atoms with Gasteiger partial charge < -0.3 is 10.6 Å². The van der Waals surface area contributed by atoms with Crippen LogP contribution < -0.4 is 10.6 Å². The standard InChI is InChI=1S/C17H14BrClN4/c1-11-5-6-13(19)10-15(11)22-17-20-8-7-16(23-17)21-14-4-2-3-12(18)9-14/h2-10H,1H3,(H2,20,21,22,23). The third kappa shape index (κ3) is 4.21. The Balaban J connectivity index is 1.81. The van der Waals surface area contributed by atoms with Gasteiger partial charge in [0.05, 0.1) is 0 Å². The van der Waals surface area contributed by atoms with E-state index in [2.05, 4.69) is 36.5 Å². The molecule has 1 aromatic heterocycles. The molecule has 0 aliphatic heterocycles. The quantitative estimate of drug-likeness (QED) is 0.602. The molecule has 0 amide bonds. The number of benzene rings is 2. The number of rotatable bonds is 4. The fraction of sp³-hybridized carbons (Fsp3) is 0.0588. The second kappa shape index (κ2) is 6.98. The first-order valence-electron chi connectivity index (χ1n) is 6.99. The van der Waals surface area contributed by atoms with Crippen LogP contribution in [0.3, 0.4) is 0 Å². The van der Waals surface area contributed by atoms with Gasteiger partial charge >= 0.3 is 0 Å². The van der Waals surface area contributed by atoms with Crippen LogP contribution in [-0.4, -0.2) is 9.97 Å². The summed E-state index contributed by atoms with van der Waals surface area (Å²) < 4.78 is 1.00. The van der Waals surface area contributed by atoms with Crippen molar-refractivity contribution >= 4 is 50.7 Å². The van der Waals surface area contributed by atoms with Gasteiger partial charge in [0.25, 0.3) is 0 Å². The van der Waals surface area contributed by atoms with Gasteiger partial charge in [-0.2, -0.15) is 4.98 Å². The first-order valence-corrected chi connectivity index (χ1v) is 8.16. The fourth-order valence-corrected chi connectivity index (χ4v) is 2.62. The number of aromatic nitrogens is 2. The molecule has 0 aliphatic carbocycles. The molecular weight excluding hydrogens is 376 g/mol. The summed E-state index contributed by atoms with van der Waals surface area (Å²) in [5.74, 6) is 1.22. The van der Waals surface area contributed by atoms with Gasteiger partial charge in [-0.1, -0.05) is 39.7 Å². The normalized spacial score (nSPS) is 10.4. The Morgan fingerprint density at radius 2 is 1.91 bits per heavy atom. The zero-order chi connectivity index (χ0) is 16.2. The number of hydrogen-bond donors (Lipinski definition) is 2. The Hall–Kier alpha value is -2.11. The minimum Gasteiger partial charge on any atom is -0.340 e. The summed E-state index contributed by atoms with van der Waals surface area (Å²) in [6.45, 7) is 2.00. The number of anilines is 4. The highest BCUT2D eigenvalue weighted by Gasteiger charge is 2.04. The molecule has 116 valence electrons. The van der Waals surface area contributed by atoms with E-state index in [1.54, 1.807) is 6.20 Å². The molecule has 0 bridgehead atoms. The number of hydrogen-bond acceptors (Lipinski definition) is 4. The van der Waals surface area contributed by atoms with Gasteiger partial charge in [-0.05, 0) is 48.9 Å². The third-order valence-electron chi connectivity index (χ3n) is 3.20. The van der Waals surface area contributed by atoms with E-state index in [1.165, 1.54) is 0 Å². The molecule has 1 heterocycles. The van der Waals surface area contributed by atoms with E-state index < -0.39 is 0 Å². The van der Waals surface area contributed by atoms with Crippen molar-refractivity contribution in [3.05, 3.63) is 69.8 Å². The molecule has 0 saturated heterocycles. The largest absolute Gasteiger partial charge is 0.340 e. The van der Waals surface area contributed by atoms with E-state index in [4.69, 9.17) is 11.6 Å². The summed E-state index contributed by atoms with van der Waals surface area (Å²) in [4.78, 5) is 8.72. The van der Waals surface area contributed by atoms with E-state index >= 15 is 0 Å². The van der Waals surface area contributed by atoms with Crippen molar-refractivity contribution in [3.63, 3.8) is 0 Å². The van der Waals surface area contributed by atoms with Crippen LogP contribution in [0.25, 0.3) is 0 Å². The molecule has 23 heavy (non-hydrogen) atoms. The van der Waals surface area contributed by atoms with E-state index in [0.717, 1.165) is 21.4 Å². The number of nitrogens with zero attached hydrogens (tertiary/aromatic N) is 2. The number of aryl methyl sites for hydroxylation is 1. The Bertz CT molecular complexity index is 838. The van der Waals surface area contributed by atoms with Crippen LogP contribution in [0.4, 0.5) is 23.1 Å². The molecule has 0 spiro atoms. The van der Waals surface area contributed by atoms with Crippen LogP contribution in [0.15, 0.2) is 59.2 Å². The molecule has 0 fully saturated rings. The molecule has 2 aromatic carbocycles. The van der Waals surface area contributed by atoms with Gasteiger partial charge in [0, 0.05) is 27.1 Å². The lowest BCUT2D eigenvalue weighted by Crippen LogP contribution is -2.01. The van der Waals surface area contributed by atoms with Gasteiger partial charge in [-0.15, -0.1) is 0 Å². The maximum Gasteiger partial charge on any atom is 0.229 e. The minimum atomic E-state index is 0.510. The summed E-state index contributed by atoms with van der Waals surface area (Å²) in [6.07, 6.45) is 1.70. The number of nitrogens with one attached hydrogen (secondary N) is 2. The lowest BCUT2D eigenvalue weighted by atomic mass is 10.2. The van der Waals surface area contributed by atoms with Gasteiger partial charge in [0.2, 0.25) is 5.95 Å². The molecule has 4 nitrogen and oxygen atoms in total. The molecule has 0 atom stereocenters. The lowest BCUT2D eigenvalue weighted by Gasteiger charge is -2.10. The average molecular weight is 390 g/mol. The van der Waals surface area contributed by atoms with Crippen molar-refractivity contribution in [2.24, 2.45) is 0 Å². The third-order valence-corrected chi connectivity index (χ3v) is 3.93. The highest BCUT2D eigenvalue weighted by molar-refractivity contribution is 9.10. The Labute approximate surface area is 148 Å². The van der Waals surface area contributed by atoms with Gasteiger partial charge in [-0.25, -0.2) is 4.98 Å². The van der Waals surface area contributed by atoms with Crippen molar-refractivity contribution < 1.29 is 0 Å². The average Bonchev–Trinajstić information content (AvgIpc) is 2.51. The minimum absolute atomic E-state index is 0.510. The monoisotopic (exact) mass is 388 g/mol. The topological polar surface area (TPSA) is 49.8 Å². The molecule has 0 saturated carbocycles. The van der Waals surface area contributed by atoms with Crippen molar-refractivity contribution in [2.45, 2.75) is 6.92 Å². The predicted octanol–water partition coefficient (Wildman–Crippen LogP) is 5.69. The number of halogens is 2. The van der Waals surface area contributed by atoms with Crippen LogP contribution in [0.2, 0.25) is 5.02 Å². The summed E-state index contributed by atoms with van der Waals surface area (Å²) in [7, 11) is 0. The molecule has 3 rings (SSSR count). The Morgan fingerprint density at radius 1 is 1.04 bits per heavy atom. The summed E-state index contributed by atoms with van der Waals surface area (Å²) >= 11 is 9.49. The Morgan fingerprint density at radius 3 is 2.74 bits per heavy atom. The van der Waals surface area contributed by atoms with E-state index in [1.807, 2.05) is 55.5 Å². The van der Waals surface area contributed by atoms with Crippen LogP contribution in [0, 0.1) is 6.92 Å². The summed E-state index contributed by atoms with van der Waals surface area (Å²) in [5.41, 5.74) is 2.91.